The number of piperidine rings is 1. The molecule has 0 bridgehead atoms. The summed E-state index contributed by atoms with van der Waals surface area (Å²) in [5, 5.41) is 4.45. The van der Waals surface area contributed by atoms with Crippen LogP contribution in [-0.4, -0.2) is 47.1 Å². The number of aromatic nitrogens is 1. The van der Waals surface area contributed by atoms with Gasteiger partial charge in [0, 0.05) is 43.5 Å². The fourth-order valence-corrected chi connectivity index (χ4v) is 5.12. The number of hydrogen-bond donors (Lipinski definition) is 0. The van der Waals surface area contributed by atoms with Crippen LogP contribution >= 0.6 is 11.6 Å². The van der Waals surface area contributed by atoms with E-state index in [2.05, 4.69) is 14.9 Å². The highest BCUT2D eigenvalue weighted by Crippen LogP contribution is 2.47. The molecule has 2 aromatic rings. The zero-order valence-electron chi connectivity index (χ0n) is 15.8. The quantitative estimate of drug-likeness (QED) is 0.743. The Hall–Kier alpha value is -2.25. The number of pyridine rings is 1. The van der Waals surface area contributed by atoms with Gasteiger partial charge in [0.15, 0.2) is 0 Å². The first-order valence-electron chi connectivity index (χ1n) is 9.86. The summed E-state index contributed by atoms with van der Waals surface area (Å²) in [6, 6.07) is 6.81. The summed E-state index contributed by atoms with van der Waals surface area (Å²) in [5.41, 5.74) is 0.0792. The Morgan fingerprint density at radius 2 is 1.79 bits per heavy atom. The second-order valence-electron chi connectivity index (χ2n) is 8.14. The Morgan fingerprint density at radius 1 is 1.07 bits per heavy atom. The number of nitrogens with zero attached hydrogens (tertiary/aromatic N) is 4. The molecule has 0 radical (unpaired) electrons. The van der Waals surface area contributed by atoms with Crippen LogP contribution < -0.4 is 4.90 Å². The predicted octanol–water partition coefficient (Wildman–Crippen LogP) is 3.80. The normalized spacial score (nSPS) is 23.8. The Labute approximate surface area is 172 Å². The minimum Gasteiger partial charge on any atom is -0.357 e. The van der Waals surface area contributed by atoms with Gasteiger partial charge in [0.25, 0.3) is 0 Å². The number of hydrogen-bond acceptors (Lipinski definition) is 4. The van der Waals surface area contributed by atoms with Crippen LogP contribution in [-0.2, 0) is 4.79 Å². The predicted molar refractivity (Wildman–Crippen MR) is 105 cm³/mol. The zero-order chi connectivity index (χ0) is 20.2. The van der Waals surface area contributed by atoms with E-state index in [1.54, 1.807) is 17.3 Å². The van der Waals surface area contributed by atoms with Crippen molar-refractivity contribution in [2.75, 3.05) is 31.1 Å². The van der Waals surface area contributed by atoms with E-state index < -0.39 is 17.0 Å². The van der Waals surface area contributed by atoms with Crippen LogP contribution in [0.5, 0.6) is 0 Å². The average Bonchev–Trinajstić information content (AvgIpc) is 3.20. The van der Waals surface area contributed by atoms with Crippen molar-refractivity contribution in [1.29, 1.82) is 0 Å². The lowest BCUT2D eigenvalue weighted by atomic mass is 9.77. The first-order valence-corrected chi connectivity index (χ1v) is 10.2. The summed E-state index contributed by atoms with van der Waals surface area (Å²) in [6.45, 7) is 2.83. The lowest BCUT2D eigenvalue weighted by Gasteiger charge is -2.38. The minimum absolute atomic E-state index is 0.0726. The Balaban J connectivity index is 1.35. The average molecular weight is 419 g/mol. The largest absolute Gasteiger partial charge is 0.357 e. The number of rotatable bonds is 2. The molecule has 1 aromatic heterocycles. The number of halogens is 3. The second kappa shape index (κ2) is 6.92. The topological polar surface area (TPSA) is 39.7 Å². The number of amides is 1. The molecule has 3 fully saturated rings. The first kappa shape index (κ1) is 18.8. The molecule has 1 amide bonds. The molecule has 29 heavy (non-hydrogen) atoms. The van der Waals surface area contributed by atoms with Crippen LogP contribution in [0.4, 0.5) is 14.6 Å². The Bertz CT molecular complexity index is 943. The molecule has 3 aliphatic rings. The summed E-state index contributed by atoms with van der Waals surface area (Å²) in [6.07, 6.45) is 3.81. The van der Waals surface area contributed by atoms with E-state index in [1.807, 2.05) is 6.07 Å². The molecule has 1 spiro atoms. The molecule has 0 N–H and O–H groups in total. The van der Waals surface area contributed by atoms with E-state index in [-0.39, 0.29) is 11.9 Å². The molecule has 5 nitrogen and oxygen atoms in total. The fourth-order valence-electron chi connectivity index (χ4n) is 4.96. The Morgan fingerprint density at radius 3 is 2.48 bits per heavy atom. The van der Waals surface area contributed by atoms with Gasteiger partial charge in [-0.05, 0) is 49.1 Å². The summed E-state index contributed by atoms with van der Waals surface area (Å²) in [4.78, 5) is 20.0. The number of carbonyl (C=O) groups is 1. The number of anilines is 1. The van der Waals surface area contributed by atoms with Crippen molar-refractivity contribution >= 4 is 23.3 Å². The van der Waals surface area contributed by atoms with Crippen molar-refractivity contribution in [3.8, 4) is 0 Å². The van der Waals surface area contributed by atoms with Crippen LogP contribution in [0.2, 0.25) is 5.02 Å². The monoisotopic (exact) mass is 418 g/mol. The molecule has 3 saturated heterocycles. The van der Waals surface area contributed by atoms with Crippen molar-refractivity contribution in [1.82, 2.24) is 15.0 Å². The lowest BCUT2D eigenvalue weighted by molar-refractivity contribution is -0.143. The highest BCUT2D eigenvalue weighted by molar-refractivity contribution is 6.30. The van der Waals surface area contributed by atoms with Crippen molar-refractivity contribution < 1.29 is 13.6 Å². The Kier molecular flexibility index (Phi) is 4.47. The van der Waals surface area contributed by atoms with Gasteiger partial charge in [-0.1, -0.05) is 11.6 Å². The molecule has 3 aliphatic heterocycles. The van der Waals surface area contributed by atoms with Gasteiger partial charge in [-0.25, -0.2) is 18.8 Å². The second-order valence-corrected chi connectivity index (χ2v) is 8.58. The van der Waals surface area contributed by atoms with Crippen LogP contribution in [0, 0.1) is 17.0 Å². The maximum Gasteiger partial charge on any atom is 0.245 e. The standard InChI is InChI=1S/C21H21ClF2N4O/c22-15-1-5-25-19(11-15)26-7-3-21(4-8-26)13-27-6-2-18(28(27)20(21)29)14-9-16(23)12-17(24)10-14/h1,5,9-12,18H,2-4,6-8,13H2/t18-/m0/s1. The van der Waals surface area contributed by atoms with Crippen LogP contribution in [0.15, 0.2) is 36.5 Å². The molecule has 1 aromatic carbocycles. The van der Waals surface area contributed by atoms with Gasteiger partial charge in [0.05, 0.1) is 11.5 Å². The minimum atomic E-state index is -0.609. The molecule has 0 unspecified atom stereocenters. The third-order valence-corrected chi connectivity index (χ3v) is 6.66. The van der Waals surface area contributed by atoms with Gasteiger partial charge in [0.1, 0.15) is 17.5 Å². The number of carbonyl (C=O) groups excluding carboxylic acids is 1. The maximum absolute atomic E-state index is 13.7. The summed E-state index contributed by atoms with van der Waals surface area (Å²) in [7, 11) is 0. The zero-order valence-corrected chi connectivity index (χ0v) is 16.6. The SMILES string of the molecule is O=C1N2[C@H](c3cc(F)cc(F)c3)CCN2CC12CCN(c1cc(Cl)ccn1)CC2. The third-order valence-electron chi connectivity index (χ3n) is 6.43. The number of hydrazine groups is 1. The summed E-state index contributed by atoms with van der Waals surface area (Å²) < 4.78 is 27.5. The van der Waals surface area contributed by atoms with Crippen molar-refractivity contribution in [3.63, 3.8) is 0 Å². The van der Waals surface area contributed by atoms with Gasteiger partial charge in [-0.2, -0.15) is 0 Å². The van der Waals surface area contributed by atoms with E-state index >= 15 is 0 Å². The molecule has 8 heteroatoms. The summed E-state index contributed by atoms with van der Waals surface area (Å²) in [5.74, 6) is -0.320. The van der Waals surface area contributed by atoms with E-state index in [0.717, 1.165) is 44.4 Å². The highest BCUT2D eigenvalue weighted by Gasteiger charge is 2.56. The lowest BCUT2D eigenvalue weighted by Crippen LogP contribution is -2.46. The number of benzene rings is 1. The molecular formula is C21H21ClF2N4O. The van der Waals surface area contributed by atoms with Crippen LogP contribution in [0.3, 0.4) is 0 Å². The first-order chi connectivity index (χ1) is 13.9. The highest BCUT2D eigenvalue weighted by atomic mass is 35.5. The molecule has 4 heterocycles. The molecule has 5 rings (SSSR count). The van der Waals surface area contributed by atoms with Gasteiger partial charge in [-0.15, -0.1) is 0 Å². The van der Waals surface area contributed by atoms with Crippen molar-refractivity contribution in [2.45, 2.75) is 25.3 Å². The fraction of sp³-hybridized carbons (Fsp3) is 0.429. The molecule has 1 atom stereocenters. The van der Waals surface area contributed by atoms with E-state index in [0.29, 0.717) is 23.6 Å². The maximum atomic E-state index is 13.7. The smallest absolute Gasteiger partial charge is 0.245 e. The van der Waals surface area contributed by atoms with E-state index in [4.69, 9.17) is 11.6 Å². The van der Waals surface area contributed by atoms with E-state index in [1.165, 1.54) is 12.1 Å². The number of fused-ring (bicyclic) bond motifs is 1. The van der Waals surface area contributed by atoms with Gasteiger partial charge < -0.3 is 4.90 Å². The molecule has 0 saturated carbocycles. The van der Waals surface area contributed by atoms with Crippen LogP contribution in [0.25, 0.3) is 0 Å². The van der Waals surface area contributed by atoms with Gasteiger partial charge in [0.2, 0.25) is 5.91 Å². The van der Waals surface area contributed by atoms with Crippen LogP contribution in [0.1, 0.15) is 30.9 Å². The summed E-state index contributed by atoms with van der Waals surface area (Å²) >= 11 is 6.08. The molecule has 0 aliphatic carbocycles. The molecular weight excluding hydrogens is 398 g/mol. The van der Waals surface area contributed by atoms with Gasteiger partial charge in [-0.3, -0.25) is 9.80 Å². The third kappa shape index (κ3) is 3.16. The molecule has 152 valence electrons. The van der Waals surface area contributed by atoms with Gasteiger partial charge >= 0.3 is 0 Å². The van der Waals surface area contributed by atoms with E-state index in [9.17, 15) is 13.6 Å². The van der Waals surface area contributed by atoms with Crippen molar-refractivity contribution in [3.05, 3.63) is 58.7 Å². The van der Waals surface area contributed by atoms with Crippen molar-refractivity contribution in [2.24, 2.45) is 5.41 Å².